The molecule has 2 saturated heterocycles. The van der Waals surface area contributed by atoms with Crippen LogP contribution in [0.2, 0.25) is 0 Å². The average Bonchev–Trinajstić information content (AvgIpc) is 2.48. The van der Waals surface area contributed by atoms with Gasteiger partial charge in [-0.3, -0.25) is 4.79 Å². The Morgan fingerprint density at radius 3 is 2.85 bits per heavy atom. The second-order valence-corrected chi connectivity index (χ2v) is 3.70. The van der Waals surface area contributed by atoms with Crippen LogP contribution in [-0.2, 0) is 19.1 Å². The lowest BCUT2D eigenvalue weighted by molar-refractivity contribution is -0.166. The maximum absolute atomic E-state index is 11.2. The zero-order valence-corrected chi connectivity index (χ0v) is 7.43. The largest absolute Gasteiger partial charge is 0.459 e. The van der Waals surface area contributed by atoms with Crippen LogP contribution in [0.15, 0.2) is 0 Å². The fourth-order valence-electron chi connectivity index (χ4n) is 1.88. The van der Waals surface area contributed by atoms with Crippen molar-refractivity contribution >= 4 is 12.3 Å². The molecular formula is C9H12O4. The van der Waals surface area contributed by atoms with Crippen molar-refractivity contribution in [2.75, 3.05) is 0 Å². The van der Waals surface area contributed by atoms with Gasteiger partial charge in [-0.2, -0.15) is 0 Å². The zero-order valence-electron chi connectivity index (χ0n) is 7.43. The number of hydrogen-bond acceptors (Lipinski definition) is 4. The van der Waals surface area contributed by atoms with Crippen molar-refractivity contribution < 1.29 is 19.1 Å². The van der Waals surface area contributed by atoms with E-state index in [1.807, 2.05) is 6.92 Å². The predicted octanol–water partition coefficient (Wildman–Crippen LogP) is 0.294. The lowest BCUT2D eigenvalue weighted by atomic mass is 9.96. The number of rotatable bonds is 1. The van der Waals surface area contributed by atoms with E-state index in [2.05, 4.69) is 0 Å². The third-order valence-corrected chi connectivity index (χ3v) is 2.64. The van der Waals surface area contributed by atoms with Gasteiger partial charge in [0, 0.05) is 6.42 Å². The van der Waals surface area contributed by atoms with Crippen LogP contribution in [0.25, 0.3) is 0 Å². The summed E-state index contributed by atoms with van der Waals surface area (Å²) >= 11 is 0. The van der Waals surface area contributed by atoms with Crippen LogP contribution < -0.4 is 0 Å². The van der Waals surface area contributed by atoms with E-state index in [1.54, 1.807) is 0 Å². The SMILES string of the molecule is C[C@@H]1C[C@H]2O[C@H](C=O)C[C@H]2OC1=O. The molecule has 0 radical (unpaired) electrons. The van der Waals surface area contributed by atoms with Crippen molar-refractivity contribution in [3.63, 3.8) is 0 Å². The van der Waals surface area contributed by atoms with E-state index in [0.717, 1.165) is 6.29 Å². The van der Waals surface area contributed by atoms with Crippen LogP contribution in [0.1, 0.15) is 19.8 Å². The van der Waals surface area contributed by atoms with Crippen molar-refractivity contribution in [3.8, 4) is 0 Å². The summed E-state index contributed by atoms with van der Waals surface area (Å²) in [6, 6.07) is 0. The van der Waals surface area contributed by atoms with E-state index < -0.39 is 0 Å². The summed E-state index contributed by atoms with van der Waals surface area (Å²) < 4.78 is 10.5. The molecule has 0 aromatic rings. The minimum Gasteiger partial charge on any atom is -0.459 e. The second kappa shape index (κ2) is 3.10. The van der Waals surface area contributed by atoms with Gasteiger partial charge in [0.15, 0.2) is 0 Å². The molecule has 0 aromatic heterocycles. The predicted molar refractivity (Wildman–Crippen MR) is 43.0 cm³/mol. The van der Waals surface area contributed by atoms with Crippen molar-refractivity contribution in [2.24, 2.45) is 5.92 Å². The summed E-state index contributed by atoms with van der Waals surface area (Å²) in [6.45, 7) is 1.82. The lowest BCUT2D eigenvalue weighted by Crippen LogP contribution is -2.37. The molecule has 0 N–H and O–H groups in total. The fraction of sp³-hybridized carbons (Fsp3) is 0.778. The highest BCUT2D eigenvalue weighted by Crippen LogP contribution is 2.32. The third kappa shape index (κ3) is 1.46. The number of hydrogen-bond donors (Lipinski definition) is 0. The first-order valence-electron chi connectivity index (χ1n) is 4.52. The summed E-state index contributed by atoms with van der Waals surface area (Å²) in [5.41, 5.74) is 0. The first-order valence-corrected chi connectivity index (χ1v) is 4.52. The molecule has 0 amide bonds. The molecule has 4 nitrogen and oxygen atoms in total. The topological polar surface area (TPSA) is 52.6 Å². The highest BCUT2D eigenvalue weighted by Gasteiger charge is 2.43. The van der Waals surface area contributed by atoms with Crippen LogP contribution in [0.3, 0.4) is 0 Å². The van der Waals surface area contributed by atoms with Crippen molar-refractivity contribution in [1.82, 2.24) is 0 Å². The number of fused-ring (bicyclic) bond motifs is 1. The fourth-order valence-corrected chi connectivity index (χ4v) is 1.88. The Morgan fingerprint density at radius 2 is 2.15 bits per heavy atom. The summed E-state index contributed by atoms with van der Waals surface area (Å²) in [6.07, 6.45) is 1.33. The Morgan fingerprint density at radius 1 is 1.38 bits per heavy atom. The van der Waals surface area contributed by atoms with E-state index in [1.165, 1.54) is 0 Å². The standard InChI is InChI=1S/C9H12O4/c1-5-2-7-8(13-9(5)11)3-6(4-10)12-7/h4-8H,2-3H2,1H3/t5-,6+,7-,8-/m1/s1. The van der Waals surface area contributed by atoms with Gasteiger partial charge in [-0.1, -0.05) is 6.92 Å². The first kappa shape index (κ1) is 8.69. The Labute approximate surface area is 76.2 Å². The highest BCUT2D eigenvalue weighted by atomic mass is 16.6. The molecule has 2 aliphatic rings. The van der Waals surface area contributed by atoms with Crippen molar-refractivity contribution in [1.29, 1.82) is 0 Å². The summed E-state index contributed by atoms with van der Waals surface area (Å²) in [5.74, 6) is -0.275. The number of carbonyl (C=O) groups is 2. The Bertz CT molecular complexity index is 238. The minimum absolute atomic E-state index is 0.0668. The molecule has 4 heteroatoms. The maximum Gasteiger partial charge on any atom is 0.309 e. The normalized spacial score (nSPS) is 43.9. The summed E-state index contributed by atoms with van der Waals surface area (Å²) in [7, 11) is 0. The molecule has 4 atom stereocenters. The number of aldehydes is 1. The molecule has 2 aliphatic heterocycles. The number of esters is 1. The molecule has 72 valence electrons. The van der Waals surface area contributed by atoms with Gasteiger partial charge in [-0.15, -0.1) is 0 Å². The van der Waals surface area contributed by atoms with E-state index in [0.29, 0.717) is 12.8 Å². The molecule has 2 rings (SSSR count). The van der Waals surface area contributed by atoms with E-state index in [-0.39, 0.29) is 30.2 Å². The number of carbonyl (C=O) groups excluding carboxylic acids is 2. The van der Waals surface area contributed by atoms with E-state index in [4.69, 9.17) is 9.47 Å². The molecule has 2 fully saturated rings. The Balaban J connectivity index is 2.05. The number of ether oxygens (including phenoxy) is 2. The van der Waals surface area contributed by atoms with E-state index >= 15 is 0 Å². The zero-order chi connectivity index (χ0) is 9.42. The smallest absolute Gasteiger partial charge is 0.309 e. The molecule has 0 aromatic carbocycles. The van der Waals surface area contributed by atoms with Gasteiger partial charge in [0.2, 0.25) is 0 Å². The summed E-state index contributed by atoms with van der Waals surface area (Å²) in [4.78, 5) is 21.6. The lowest BCUT2D eigenvalue weighted by Gasteiger charge is -2.27. The third-order valence-electron chi connectivity index (χ3n) is 2.64. The van der Waals surface area contributed by atoms with Gasteiger partial charge < -0.3 is 14.3 Å². The van der Waals surface area contributed by atoms with Gasteiger partial charge >= 0.3 is 5.97 Å². The Hall–Kier alpha value is -0.900. The summed E-state index contributed by atoms with van der Waals surface area (Å²) in [5, 5.41) is 0. The average molecular weight is 184 g/mol. The highest BCUT2D eigenvalue weighted by molar-refractivity contribution is 5.73. The second-order valence-electron chi connectivity index (χ2n) is 3.70. The van der Waals surface area contributed by atoms with Crippen LogP contribution in [-0.4, -0.2) is 30.6 Å². The van der Waals surface area contributed by atoms with Gasteiger partial charge in [0.1, 0.15) is 18.5 Å². The van der Waals surface area contributed by atoms with E-state index in [9.17, 15) is 9.59 Å². The van der Waals surface area contributed by atoms with Gasteiger partial charge in [-0.25, -0.2) is 0 Å². The minimum atomic E-state index is -0.381. The molecule has 2 heterocycles. The Kier molecular flexibility index (Phi) is 2.07. The molecule has 0 unspecified atom stereocenters. The van der Waals surface area contributed by atoms with Crippen LogP contribution in [0.5, 0.6) is 0 Å². The molecule has 13 heavy (non-hydrogen) atoms. The molecule has 0 saturated carbocycles. The molecule has 0 bridgehead atoms. The van der Waals surface area contributed by atoms with Crippen LogP contribution in [0, 0.1) is 5.92 Å². The van der Waals surface area contributed by atoms with Gasteiger partial charge in [-0.05, 0) is 6.42 Å². The van der Waals surface area contributed by atoms with Crippen molar-refractivity contribution in [3.05, 3.63) is 0 Å². The van der Waals surface area contributed by atoms with Crippen molar-refractivity contribution in [2.45, 2.75) is 38.1 Å². The van der Waals surface area contributed by atoms with Gasteiger partial charge in [0.05, 0.1) is 12.0 Å². The van der Waals surface area contributed by atoms with Crippen LogP contribution >= 0.6 is 0 Å². The molecule has 0 aliphatic carbocycles. The monoisotopic (exact) mass is 184 g/mol. The first-order chi connectivity index (χ1) is 6.20. The maximum atomic E-state index is 11.2. The molecule has 0 spiro atoms. The van der Waals surface area contributed by atoms with Gasteiger partial charge in [0.25, 0.3) is 0 Å². The van der Waals surface area contributed by atoms with Crippen LogP contribution in [0.4, 0.5) is 0 Å². The molecular weight excluding hydrogens is 172 g/mol. The quantitative estimate of drug-likeness (QED) is 0.434.